The lowest BCUT2D eigenvalue weighted by Gasteiger charge is -2.22. The van der Waals surface area contributed by atoms with Crippen LogP contribution in [-0.4, -0.2) is 20.5 Å². The molecule has 0 aliphatic carbocycles. The molecule has 0 saturated heterocycles. The third kappa shape index (κ3) is 3.34. The minimum absolute atomic E-state index is 0.603. The molecule has 0 aliphatic rings. The highest BCUT2D eigenvalue weighted by molar-refractivity contribution is 5.11. The van der Waals surface area contributed by atoms with Crippen LogP contribution in [0.2, 0.25) is 0 Å². The fourth-order valence-corrected chi connectivity index (χ4v) is 2.03. The van der Waals surface area contributed by atoms with Gasteiger partial charge in [-0.05, 0) is 33.3 Å². The van der Waals surface area contributed by atoms with Crippen molar-refractivity contribution in [1.29, 1.82) is 0 Å². The highest BCUT2D eigenvalue weighted by atomic mass is 16.3. The van der Waals surface area contributed by atoms with E-state index in [0.29, 0.717) is 6.42 Å². The molecule has 1 unspecified atom stereocenters. The summed E-state index contributed by atoms with van der Waals surface area (Å²) in [4.78, 5) is 0. The van der Waals surface area contributed by atoms with Gasteiger partial charge in [0.05, 0.1) is 11.3 Å². The average molecular weight is 210 g/mol. The predicted molar refractivity (Wildman–Crippen MR) is 61.9 cm³/mol. The van der Waals surface area contributed by atoms with Crippen LogP contribution >= 0.6 is 0 Å². The first-order valence-corrected chi connectivity index (χ1v) is 5.74. The number of hydrogen-bond donors (Lipinski definition) is 1. The molecule has 3 heteroatoms. The van der Waals surface area contributed by atoms with E-state index in [9.17, 15) is 5.11 Å². The van der Waals surface area contributed by atoms with Gasteiger partial charge in [-0.3, -0.25) is 4.68 Å². The van der Waals surface area contributed by atoms with Gasteiger partial charge in [-0.25, -0.2) is 0 Å². The summed E-state index contributed by atoms with van der Waals surface area (Å²) in [6, 6.07) is 2.06. The van der Waals surface area contributed by atoms with Crippen molar-refractivity contribution in [2.45, 2.75) is 59.1 Å². The van der Waals surface area contributed by atoms with Crippen molar-refractivity contribution in [3.05, 3.63) is 17.5 Å². The number of hydrogen-bond acceptors (Lipinski definition) is 2. The van der Waals surface area contributed by atoms with Crippen LogP contribution in [0.4, 0.5) is 0 Å². The molecule has 1 N–H and O–H groups in total. The Morgan fingerprint density at radius 3 is 2.67 bits per heavy atom. The maximum atomic E-state index is 10.2. The smallest absolute Gasteiger partial charge is 0.0674 e. The van der Waals surface area contributed by atoms with Crippen LogP contribution < -0.4 is 0 Å². The van der Waals surface area contributed by atoms with E-state index < -0.39 is 5.60 Å². The third-order valence-electron chi connectivity index (χ3n) is 2.64. The van der Waals surface area contributed by atoms with Crippen LogP contribution in [0.15, 0.2) is 6.07 Å². The first-order valence-electron chi connectivity index (χ1n) is 5.74. The number of nitrogens with zero attached hydrogens (tertiary/aromatic N) is 2. The molecule has 1 atom stereocenters. The first-order chi connectivity index (χ1) is 6.98. The molecule has 1 rings (SSSR count). The van der Waals surface area contributed by atoms with E-state index in [2.05, 4.69) is 25.0 Å². The second-order valence-electron chi connectivity index (χ2n) is 4.52. The van der Waals surface area contributed by atoms with Crippen LogP contribution in [0.25, 0.3) is 0 Å². The van der Waals surface area contributed by atoms with E-state index in [4.69, 9.17) is 0 Å². The maximum absolute atomic E-state index is 10.2. The van der Waals surface area contributed by atoms with Crippen LogP contribution in [0.1, 0.15) is 45.0 Å². The van der Waals surface area contributed by atoms with Gasteiger partial charge in [0.25, 0.3) is 0 Å². The van der Waals surface area contributed by atoms with Gasteiger partial charge < -0.3 is 5.11 Å². The Balaban J connectivity index is 2.78. The van der Waals surface area contributed by atoms with Crippen molar-refractivity contribution in [3.8, 4) is 0 Å². The van der Waals surface area contributed by atoms with Crippen LogP contribution in [0, 0.1) is 6.92 Å². The Labute approximate surface area is 92.1 Å². The van der Waals surface area contributed by atoms with Gasteiger partial charge in [-0.2, -0.15) is 5.10 Å². The fourth-order valence-electron chi connectivity index (χ4n) is 2.03. The molecule has 86 valence electrons. The van der Waals surface area contributed by atoms with Gasteiger partial charge in [0.1, 0.15) is 0 Å². The van der Waals surface area contributed by atoms with Gasteiger partial charge in [-0.15, -0.1) is 0 Å². The normalized spacial score (nSPS) is 15.3. The van der Waals surface area contributed by atoms with Crippen LogP contribution in [0.5, 0.6) is 0 Å². The van der Waals surface area contributed by atoms with E-state index in [1.165, 1.54) is 0 Å². The topological polar surface area (TPSA) is 38.1 Å². The molecule has 0 radical (unpaired) electrons. The van der Waals surface area contributed by atoms with Crippen molar-refractivity contribution in [1.82, 2.24) is 9.78 Å². The second-order valence-corrected chi connectivity index (χ2v) is 4.52. The summed E-state index contributed by atoms with van der Waals surface area (Å²) in [6.45, 7) is 8.93. The number of aromatic nitrogens is 2. The first kappa shape index (κ1) is 12.2. The summed E-state index contributed by atoms with van der Waals surface area (Å²) in [5, 5.41) is 14.5. The second kappa shape index (κ2) is 4.79. The third-order valence-corrected chi connectivity index (χ3v) is 2.64. The van der Waals surface area contributed by atoms with Crippen molar-refractivity contribution < 1.29 is 5.11 Å². The molecule has 0 fully saturated rings. The van der Waals surface area contributed by atoms with Crippen LogP contribution in [0.3, 0.4) is 0 Å². The molecule has 0 aromatic carbocycles. The highest BCUT2D eigenvalue weighted by Gasteiger charge is 2.21. The van der Waals surface area contributed by atoms with Crippen molar-refractivity contribution in [2.24, 2.45) is 0 Å². The number of aryl methyl sites for hydroxylation is 2. The molecule has 1 aromatic rings. The van der Waals surface area contributed by atoms with Gasteiger partial charge in [-0.1, -0.05) is 13.3 Å². The predicted octanol–water partition coefficient (Wildman–Crippen LogP) is 2.31. The van der Waals surface area contributed by atoms with Gasteiger partial charge >= 0.3 is 0 Å². The SMILES string of the molecule is CCCC(C)(O)Cc1cc(C)nn1CC. The molecular formula is C12H22N2O. The van der Waals surface area contributed by atoms with Gasteiger partial charge in [0, 0.05) is 18.7 Å². The quantitative estimate of drug-likeness (QED) is 0.810. The van der Waals surface area contributed by atoms with E-state index >= 15 is 0 Å². The van der Waals surface area contributed by atoms with Crippen LogP contribution in [-0.2, 0) is 13.0 Å². The standard InChI is InChI=1S/C12H22N2O/c1-5-7-12(4,15)9-11-8-10(3)13-14(11)6-2/h8,15H,5-7,9H2,1-4H3. The zero-order chi connectivity index (χ0) is 11.5. The van der Waals surface area contributed by atoms with E-state index in [-0.39, 0.29) is 0 Å². The zero-order valence-corrected chi connectivity index (χ0v) is 10.2. The van der Waals surface area contributed by atoms with E-state index in [1.54, 1.807) is 0 Å². The summed E-state index contributed by atoms with van der Waals surface area (Å²) in [5.41, 5.74) is 1.56. The Morgan fingerprint density at radius 2 is 2.13 bits per heavy atom. The lowest BCUT2D eigenvalue weighted by molar-refractivity contribution is 0.0485. The molecule has 0 bridgehead atoms. The summed E-state index contributed by atoms with van der Waals surface area (Å²) in [5.74, 6) is 0. The summed E-state index contributed by atoms with van der Waals surface area (Å²) >= 11 is 0. The molecule has 0 spiro atoms. The summed E-state index contributed by atoms with van der Waals surface area (Å²) in [6.07, 6.45) is 2.53. The number of aliphatic hydroxyl groups is 1. The zero-order valence-electron chi connectivity index (χ0n) is 10.2. The number of rotatable bonds is 5. The molecular weight excluding hydrogens is 188 g/mol. The van der Waals surface area contributed by atoms with Crippen molar-refractivity contribution in [3.63, 3.8) is 0 Å². The summed E-state index contributed by atoms with van der Waals surface area (Å²) < 4.78 is 1.97. The fraction of sp³-hybridized carbons (Fsp3) is 0.750. The Morgan fingerprint density at radius 1 is 1.47 bits per heavy atom. The van der Waals surface area contributed by atoms with Crippen molar-refractivity contribution in [2.75, 3.05) is 0 Å². The van der Waals surface area contributed by atoms with Crippen molar-refractivity contribution >= 4 is 0 Å². The monoisotopic (exact) mass is 210 g/mol. The molecule has 0 amide bonds. The molecule has 1 aromatic heterocycles. The van der Waals surface area contributed by atoms with E-state index in [0.717, 1.165) is 30.8 Å². The van der Waals surface area contributed by atoms with Gasteiger partial charge in [0.15, 0.2) is 0 Å². The molecule has 3 nitrogen and oxygen atoms in total. The maximum Gasteiger partial charge on any atom is 0.0674 e. The Hall–Kier alpha value is -0.830. The Kier molecular flexibility index (Phi) is 3.91. The molecule has 15 heavy (non-hydrogen) atoms. The minimum Gasteiger partial charge on any atom is -0.390 e. The van der Waals surface area contributed by atoms with Gasteiger partial charge in [0.2, 0.25) is 0 Å². The largest absolute Gasteiger partial charge is 0.390 e. The summed E-state index contributed by atoms with van der Waals surface area (Å²) in [7, 11) is 0. The van der Waals surface area contributed by atoms with E-state index in [1.807, 2.05) is 18.5 Å². The molecule has 1 heterocycles. The minimum atomic E-state index is -0.603. The lowest BCUT2D eigenvalue weighted by atomic mass is 9.95. The molecule has 0 aliphatic heterocycles. The molecule has 0 saturated carbocycles. The Bertz CT molecular complexity index is 315. The highest BCUT2D eigenvalue weighted by Crippen LogP contribution is 2.19. The average Bonchev–Trinajstić information content (AvgIpc) is 2.44. The lowest BCUT2D eigenvalue weighted by Crippen LogP contribution is -2.28.